The topological polar surface area (TPSA) is 0 Å². The first-order chi connectivity index (χ1) is 7.25. The molecule has 2 aromatic carbocycles. The summed E-state index contributed by atoms with van der Waals surface area (Å²) in [4.78, 5) is 0. The normalized spacial score (nSPS) is 11.3. The summed E-state index contributed by atoms with van der Waals surface area (Å²) in [5.41, 5.74) is 1.50. The Morgan fingerprint density at radius 2 is 1.60 bits per heavy atom. The van der Waals surface area contributed by atoms with Crippen LogP contribution in [0.5, 0.6) is 0 Å². The molecule has 74 valence electrons. The van der Waals surface area contributed by atoms with Crippen molar-refractivity contribution in [2.75, 3.05) is 0 Å². The first-order valence-corrected chi connectivity index (χ1v) is 6.85. The molecule has 0 bridgehead atoms. The van der Waals surface area contributed by atoms with Crippen molar-refractivity contribution in [3.8, 4) is 0 Å². The summed E-state index contributed by atoms with van der Waals surface area (Å²) >= 11 is 0.559. The molecule has 0 aliphatic rings. The van der Waals surface area contributed by atoms with E-state index in [9.17, 15) is 0 Å². The van der Waals surface area contributed by atoms with Gasteiger partial charge in [-0.15, -0.1) is 0 Å². The Bertz CT molecular complexity index is 647. The number of hydrogen-bond acceptors (Lipinski definition) is 0. The standard InChI is InChI=1S/C14H12Se/c1-9-10(2)15-14-8-12-6-4-3-5-11(12)7-13(9)14/h3-8H,1-2H3. The Hall–Kier alpha value is -1.04. The van der Waals surface area contributed by atoms with Crippen LogP contribution in [0.15, 0.2) is 36.4 Å². The minimum atomic E-state index is 0.559. The molecule has 0 saturated heterocycles. The van der Waals surface area contributed by atoms with Gasteiger partial charge in [-0.25, -0.2) is 0 Å². The van der Waals surface area contributed by atoms with Crippen LogP contribution in [0.4, 0.5) is 0 Å². The van der Waals surface area contributed by atoms with Crippen LogP contribution in [0.25, 0.3) is 20.4 Å². The molecule has 0 aliphatic heterocycles. The van der Waals surface area contributed by atoms with Gasteiger partial charge in [0.05, 0.1) is 0 Å². The van der Waals surface area contributed by atoms with E-state index < -0.39 is 0 Å². The van der Waals surface area contributed by atoms with Gasteiger partial charge in [-0.3, -0.25) is 0 Å². The van der Waals surface area contributed by atoms with Gasteiger partial charge in [-0.2, -0.15) is 0 Å². The molecule has 1 heterocycles. The fourth-order valence-electron chi connectivity index (χ4n) is 2.03. The molecule has 0 fully saturated rings. The third-order valence-corrected chi connectivity index (χ3v) is 5.50. The van der Waals surface area contributed by atoms with Crippen LogP contribution < -0.4 is 0 Å². The van der Waals surface area contributed by atoms with Gasteiger partial charge in [-0.05, 0) is 0 Å². The molecule has 1 heteroatoms. The Labute approximate surface area is 95.3 Å². The summed E-state index contributed by atoms with van der Waals surface area (Å²) in [7, 11) is 0. The Morgan fingerprint density at radius 3 is 2.33 bits per heavy atom. The number of benzene rings is 2. The molecule has 0 atom stereocenters. The molecule has 0 nitrogen and oxygen atoms in total. The van der Waals surface area contributed by atoms with E-state index in [1.165, 1.54) is 21.7 Å². The van der Waals surface area contributed by atoms with E-state index in [0.29, 0.717) is 14.5 Å². The van der Waals surface area contributed by atoms with Gasteiger partial charge in [-0.1, -0.05) is 0 Å². The van der Waals surface area contributed by atoms with Crippen LogP contribution in [0.1, 0.15) is 10.0 Å². The number of hydrogen-bond donors (Lipinski definition) is 0. The SMILES string of the molecule is Cc1[se]c2cc3ccccc3cc2c1C. The van der Waals surface area contributed by atoms with Crippen LogP contribution in [-0.4, -0.2) is 14.5 Å². The third kappa shape index (κ3) is 1.35. The van der Waals surface area contributed by atoms with E-state index in [2.05, 4.69) is 50.2 Å². The van der Waals surface area contributed by atoms with Gasteiger partial charge in [0, 0.05) is 0 Å². The van der Waals surface area contributed by atoms with E-state index in [-0.39, 0.29) is 0 Å². The van der Waals surface area contributed by atoms with Gasteiger partial charge in [0.15, 0.2) is 0 Å². The van der Waals surface area contributed by atoms with Crippen molar-refractivity contribution in [1.82, 2.24) is 0 Å². The predicted molar refractivity (Wildman–Crippen MR) is 67.9 cm³/mol. The molecule has 3 aromatic rings. The van der Waals surface area contributed by atoms with E-state index in [1.54, 1.807) is 8.70 Å². The monoisotopic (exact) mass is 260 g/mol. The van der Waals surface area contributed by atoms with Gasteiger partial charge >= 0.3 is 95.2 Å². The molecular formula is C14H12Se. The molecule has 0 amide bonds. The molecule has 1 aromatic heterocycles. The van der Waals surface area contributed by atoms with Crippen LogP contribution in [-0.2, 0) is 0 Å². The fourth-order valence-corrected chi connectivity index (χ4v) is 4.34. The third-order valence-electron chi connectivity index (χ3n) is 3.04. The molecule has 3 rings (SSSR count). The van der Waals surface area contributed by atoms with Crippen molar-refractivity contribution in [1.29, 1.82) is 0 Å². The molecular weight excluding hydrogens is 247 g/mol. The zero-order valence-corrected chi connectivity index (χ0v) is 10.6. The maximum absolute atomic E-state index is 2.37. The second kappa shape index (κ2) is 3.23. The number of aryl methyl sites for hydroxylation is 2. The minimum absolute atomic E-state index is 0.559. The van der Waals surface area contributed by atoms with E-state index in [1.807, 2.05) is 0 Å². The summed E-state index contributed by atoms with van der Waals surface area (Å²) in [5.74, 6) is 0. The maximum atomic E-state index is 2.37. The van der Waals surface area contributed by atoms with E-state index >= 15 is 0 Å². The average Bonchev–Trinajstić information content (AvgIpc) is 2.52. The van der Waals surface area contributed by atoms with Crippen molar-refractivity contribution in [3.05, 3.63) is 46.4 Å². The summed E-state index contributed by atoms with van der Waals surface area (Å²) < 4.78 is 3.13. The zero-order chi connectivity index (χ0) is 10.4. The number of rotatable bonds is 0. The van der Waals surface area contributed by atoms with E-state index in [0.717, 1.165) is 0 Å². The fraction of sp³-hybridized carbons (Fsp3) is 0.143. The predicted octanol–water partition coefficient (Wildman–Crippen LogP) is 3.67. The van der Waals surface area contributed by atoms with Crippen LogP contribution in [0, 0.1) is 13.8 Å². The van der Waals surface area contributed by atoms with E-state index in [4.69, 9.17) is 0 Å². The van der Waals surface area contributed by atoms with Crippen molar-refractivity contribution < 1.29 is 0 Å². The molecule has 0 radical (unpaired) electrons. The second-order valence-electron chi connectivity index (χ2n) is 3.98. The van der Waals surface area contributed by atoms with Crippen molar-refractivity contribution in [2.24, 2.45) is 0 Å². The van der Waals surface area contributed by atoms with Crippen LogP contribution >= 0.6 is 0 Å². The summed E-state index contributed by atoms with van der Waals surface area (Å²) in [6.07, 6.45) is 0. The zero-order valence-electron chi connectivity index (χ0n) is 8.87. The van der Waals surface area contributed by atoms with Crippen molar-refractivity contribution in [3.63, 3.8) is 0 Å². The van der Waals surface area contributed by atoms with Gasteiger partial charge in [0.25, 0.3) is 0 Å². The average molecular weight is 259 g/mol. The Kier molecular flexibility index (Phi) is 1.98. The summed E-state index contributed by atoms with van der Waals surface area (Å²) in [6.45, 7) is 4.51. The van der Waals surface area contributed by atoms with Crippen LogP contribution in [0.2, 0.25) is 0 Å². The molecule has 15 heavy (non-hydrogen) atoms. The molecule has 0 N–H and O–H groups in total. The first-order valence-electron chi connectivity index (χ1n) is 5.14. The molecule has 0 aliphatic carbocycles. The van der Waals surface area contributed by atoms with Gasteiger partial charge in [0.1, 0.15) is 0 Å². The van der Waals surface area contributed by atoms with Crippen molar-refractivity contribution >= 4 is 34.9 Å². The Balaban J connectivity index is 2.53. The van der Waals surface area contributed by atoms with Crippen LogP contribution in [0.3, 0.4) is 0 Å². The summed E-state index contributed by atoms with van der Waals surface area (Å²) in [5, 5.41) is 4.22. The summed E-state index contributed by atoms with van der Waals surface area (Å²) in [6, 6.07) is 13.3. The first kappa shape index (κ1) is 9.20. The van der Waals surface area contributed by atoms with Crippen molar-refractivity contribution in [2.45, 2.75) is 13.8 Å². The van der Waals surface area contributed by atoms with Gasteiger partial charge in [0.2, 0.25) is 0 Å². The Morgan fingerprint density at radius 1 is 0.933 bits per heavy atom. The number of fused-ring (bicyclic) bond motifs is 2. The quantitative estimate of drug-likeness (QED) is 0.540. The molecule has 0 saturated carbocycles. The molecule has 0 unspecified atom stereocenters. The molecule has 0 spiro atoms. The second-order valence-corrected chi connectivity index (χ2v) is 6.61. The van der Waals surface area contributed by atoms with Gasteiger partial charge < -0.3 is 0 Å².